The van der Waals surface area contributed by atoms with Crippen LogP contribution in [0.4, 0.5) is 0 Å². The number of nitrogens with one attached hydrogen (secondary N) is 1. The molecule has 1 N–H and O–H groups in total. The summed E-state index contributed by atoms with van der Waals surface area (Å²) in [5, 5.41) is 3.69. The number of aromatic nitrogens is 2. The summed E-state index contributed by atoms with van der Waals surface area (Å²) >= 11 is 5.94. The van der Waals surface area contributed by atoms with Gasteiger partial charge in [-0.15, -0.1) is 0 Å². The summed E-state index contributed by atoms with van der Waals surface area (Å²) in [6, 6.07) is 15.6. The third-order valence-corrected chi connectivity index (χ3v) is 5.98. The number of amides is 1. The number of para-hydroxylation sites is 2. The highest BCUT2D eigenvalue weighted by Crippen LogP contribution is 2.19. The highest BCUT2D eigenvalue weighted by atomic mass is 35.5. The van der Waals surface area contributed by atoms with E-state index in [1.165, 1.54) is 0 Å². The van der Waals surface area contributed by atoms with E-state index in [1.807, 2.05) is 36.4 Å². The van der Waals surface area contributed by atoms with Crippen molar-refractivity contribution in [2.75, 3.05) is 19.8 Å². The monoisotopic (exact) mass is 455 g/mol. The number of ether oxygens (including phenoxy) is 2. The third-order valence-electron chi connectivity index (χ3n) is 5.73. The van der Waals surface area contributed by atoms with Crippen molar-refractivity contribution < 1.29 is 14.3 Å². The molecule has 2 heterocycles. The molecule has 1 amide bonds. The normalized spacial score (nSPS) is 15.8. The molecular formula is C25H30ClN3O3. The van der Waals surface area contributed by atoms with Crippen LogP contribution in [-0.2, 0) is 22.5 Å². The Morgan fingerprint density at radius 1 is 1.16 bits per heavy atom. The van der Waals surface area contributed by atoms with E-state index < -0.39 is 0 Å². The van der Waals surface area contributed by atoms with Crippen LogP contribution < -0.4 is 10.1 Å². The first-order valence-electron chi connectivity index (χ1n) is 11.4. The van der Waals surface area contributed by atoms with Gasteiger partial charge in [0.2, 0.25) is 5.91 Å². The van der Waals surface area contributed by atoms with Gasteiger partial charge in [0.15, 0.2) is 0 Å². The van der Waals surface area contributed by atoms with Gasteiger partial charge in [-0.1, -0.05) is 30.2 Å². The van der Waals surface area contributed by atoms with Gasteiger partial charge in [-0.25, -0.2) is 4.98 Å². The van der Waals surface area contributed by atoms with Gasteiger partial charge in [0, 0.05) is 24.6 Å². The molecule has 1 saturated heterocycles. The summed E-state index contributed by atoms with van der Waals surface area (Å²) in [6.07, 6.45) is 5.49. The summed E-state index contributed by atoms with van der Waals surface area (Å²) < 4.78 is 13.6. The maximum absolute atomic E-state index is 12.0. The number of hydrogen-bond acceptors (Lipinski definition) is 4. The van der Waals surface area contributed by atoms with Crippen LogP contribution in [0.15, 0.2) is 48.5 Å². The molecule has 1 aliphatic rings. The minimum absolute atomic E-state index is 0.0324. The van der Waals surface area contributed by atoms with Crippen molar-refractivity contribution in [2.24, 2.45) is 0 Å². The first-order valence-corrected chi connectivity index (χ1v) is 11.8. The molecule has 3 aromatic rings. The van der Waals surface area contributed by atoms with E-state index in [0.717, 1.165) is 67.7 Å². The Balaban J connectivity index is 1.26. The number of carbonyl (C=O) groups is 1. The summed E-state index contributed by atoms with van der Waals surface area (Å²) in [4.78, 5) is 16.8. The van der Waals surface area contributed by atoms with Crippen LogP contribution in [-0.4, -0.2) is 41.3 Å². The van der Waals surface area contributed by atoms with E-state index in [2.05, 4.69) is 22.0 Å². The van der Waals surface area contributed by atoms with Gasteiger partial charge in [0.25, 0.3) is 0 Å². The smallest absolute Gasteiger partial charge is 0.249 e. The van der Waals surface area contributed by atoms with Crippen molar-refractivity contribution in [1.29, 1.82) is 0 Å². The molecule has 32 heavy (non-hydrogen) atoms. The molecule has 1 fully saturated rings. The number of halogens is 1. The van der Waals surface area contributed by atoms with Crippen molar-refractivity contribution >= 4 is 28.5 Å². The number of aryl methyl sites for hydroxylation is 1. The number of unbranched alkanes of at least 4 members (excludes halogenated alkanes) is 2. The van der Waals surface area contributed by atoms with E-state index in [1.54, 1.807) is 0 Å². The van der Waals surface area contributed by atoms with Crippen molar-refractivity contribution in [1.82, 2.24) is 14.9 Å². The Bertz CT molecular complexity index is 1010. The molecular weight excluding hydrogens is 426 g/mol. The molecule has 0 saturated carbocycles. The number of carbonyl (C=O) groups excluding carboxylic acids is 1. The maximum Gasteiger partial charge on any atom is 0.249 e. The molecule has 0 bridgehead atoms. The lowest BCUT2D eigenvalue weighted by molar-refractivity contribution is -0.130. The summed E-state index contributed by atoms with van der Waals surface area (Å²) in [7, 11) is 0. The standard InChI is InChI=1S/C25H30ClN3O3/c26-19-11-13-20(14-12-19)31-18-16-29-22-8-4-3-7-21(22)28-24(29)10-2-1-5-15-27-25(30)23-9-6-17-32-23/h3-4,7-8,11-14,23H,1-2,5-6,9-10,15-18H2,(H,27,30). The molecule has 0 aliphatic carbocycles. The Hall–Kier alpha value is -2.57. The zero-order valence-corrected chi connectivity index (χ0v) is 19.0. The first-order chi connectivity index (χ1) is 15.7. The summed E-state index contributed by atoms with van der Waals surface area (Å²) in [5.74, 6) is 1.92. The number of hydrogen-bond donors (Lipinski definition) is 1. The van der Waals surface area contributed by atoms with E-state index in [-0.39, 0.29) is 12.0 Å². The van der Waals surface area contributed by atoms with Gasteiger partial charge in [0.05, 0.1) is 17.6 Å². The molecule has 7 heteroatoms. The minimum atomic E-state index is -0.245. The molecule has 1 atom stereocenters. The van der Waals surface area contributed by atoms with Crippen LogP contribution in [0.1, 0.15) is 37.9 Å². The van der Waals surface area contributed by atoms with E-state index in [4.69, 9.17) is 26.1 Å². The molecule has 1 unspecified atom stereocenters. The lowest BCUT2D eigenvalue weighted by Gasteiger charge is -2.12. The van der Waals surface area contributed by atoms with E-state index in [0.29, 0.717) is 24.8 Å². The zero-order valence-electron chi connectivity index (χ0n) is 18.3. The Morgan fingerprint density at radius 3 is 2.81 bits per heavy atom. The van der Waals surface area contributed by atoms with Crippen molar-refractivity contribution in [3.63, 3.8) is 0 Å². The van der Waals surface area contributed by atoms with Crippen LogP contribution in [0.5, 0.6) is 5.75 Å². The summed E-state index contributed by atoms with van der Waals surface area (Å²) in [5.41, 5.74) is 2.14. The highest BCUT2D eigenvalue weighted by Gasteiger charge is 2.22. The Morgan fingerprint density at radius 2 is 2.00 bits per heavy atom. The van der Waals surface area contributed by atoms with Gasteiger partial charge < -0.3 is 19.4 Å². The molecule has 2 aromatic carbocycles. The van der Waals surface area contributed by atoms with Crippen molar-refractivity contribution in [2.45, 2.75) is 51.2 Å². The average Bonchev–Trinajstić information content (AvgIpc) is 3.46. The second-order valence-corrected chi connectivity index (χ2v) is 8.51. The van der Waals surface area contributed by atoms with Gasteiger partial charge in [-0.2, -0.15) is 0 Å². The summed E-state index contributed by atoms with van der Waals surface area (Å²) in [6.45, 7) is 2.69. The lowest BCUT2D eigenvalue weighted by atomic mass is 10.2. The number of benzene rings is 2. The molecule has 1 aliphatic heterocycles. The number of nitrogens with zero attached hydrogens (tertiary/aromatic N) is 2. The third kappa shape index (κ3) is 6.02. The molecule has 0 spiro atoms. The fraction of sp³-hybridized carbons (Fsp3) is 0.440. The predicted molar refractivity (Wildman–Crippen MR) is 126 cm³/mol. The predicted octanol–water partition coefficient (Wildman–Crippen LogP) is 4.78. The van der Waals surface area contributed by atoms with E-state index in [9.17, 15) is 4.79 Å². The van der Waals surface area contributed by atoms with Crippen molar-refractivity contribution in [3.8, 4) is 5.75 Å². The first kappa shape index (κ1) is 22.6. The Kier molecular flexibility index (Phi) is 8.02. The number of imidazole rings is 1. The largest absolute Gasteiger partial charge is 0.492 e. The molecule has 0 radical (unpaired) electrons. The average molecular weight is 456 g/mol. The minimum Gasteiger partial charge on any atom is -0.492 e. The second-order valence-electron chi connectivity index (χ2n) is 8.07. The van der Waals surface area contributed by atoms with Gasteiger partial charge >= 0.3 is 0 Å². The van der Waals surface area contributed by atoms with Crippen molar-refractivity contribution in [3.05, 3.63) is 59.4 Å². The topological polar surface area (TPSA) is 65.4 Å². The van der Waals surface area contributed by atoms with Crippen LogP contribution in [0.25, 0.3) is 11.0 Å². The second kappa shape index (κ2) is 11.3. The molecule has 4 rings (SSSR count). The number of rotatable bonds is 11. The van der Waals surface area contributed by atoms with Crippen LogP contribution in [0.3, 0.4) is 0 Å². The van der Waals surface area contributed by atoms with Crippen LogP contribution in [0, 0.1) is 0 Å². The molecule has 1 aromatic heterocycles. The lowest BCUT2D eigenvalue weighted by Crippen LogP contribution is -2.34. The van der Waals surface area contributed by atoms with Gasteiger partial charge in [0.1, 0.15) is 24.3 Å². The quantitative estimate of drug-likeness (QED) is 0.423. The molecule has 6 nitrogen and oxygen atoms in total. The van der Waals surface area contributed by atoms with E-state index >= 15 is 0 Å². The zero-order chi connectivity index (χ0) is 22.2. The highest BCUT2D eigenvalue weighted by molar-refractivity contribution is 6.30. The van der Waals surface area contributed by atoms with Crippen LogP contribution in [0.2, 0.25) is 5.02 Å². The SMILES string of the molecule is O=C(NCCCCCc1nc2ccccc2n1CCOc1ccc(Cl)cc1)C1CCCO1. The van der Waals surface area contributed by atoms with Gasteiger partial charge in [-0.05, 0) is 62.1 Å². The number of fused-ring (bicyclic) bond motifs is 1. The fourth-order valence-corrected chi connectivity index (χ4v) is 4.17. The van der Waals surface area contributed by atoms with Gasteiger partial charge in [-0.3, -0.25) is 4.79 Å². The maximum atomic E-state index is 12.0. The molecule has 170 valence electrons. The fourth-order valence-electron chi connectivity index (χ4n) is 4.05. The van der Waals surface area contributed by atoms with Crippen LogP contribution >= 0.6 is 11.6 Å². The Labute approximate surface area is 193 Å².